The van der Waals surface area contributed by atoms with Crippen molar-refractivity contribution in [2.75, 3.05) is 7.05 Å². The molecule has 0 unspecified atom stereocenters. The predicted octanol–water partition coefficient (Wildman–Crippen LogP) is 1.41. The molecule has 1 N–H and O–H groups in total. The van der Waals surface area contributed by atoms with Gasteiger partial charge in [0.25, 0.3) is 5.19 Å². The zero-order valence-corrected chi connectivity index (χ0v) is 21.3. The maximum Gasteiger partial charge on any atom is 1.00 e. The van der Waals surface area contributed by atoms with Crippen molar-refractivity contribution in [2.24, 2.45) is 0 Å². The van der Waals surface area contributed by atoms with E-state index < -0.39 is 15.8 Å². The van der Waals surface area contributed by atoms with Crippen LogP contribution in [0.1, 0.15) is 16.7 Å². The van der Waals surface area contributed by atoms with Crippen LogP contribution in [0, 0.1) is 6.92 Å². The van der Waals surface area contributed by atoms with E-state index in [1.165, 1.54) is 18.4 Å². The number of nitrogens with one attached hydrogen (secondary N) is 1. The maximum absolute atomic E-state index is 12.7. The molecule has 0 aliphatic rings. The van der Waals surface area contributed by atoms with Gasteiger partial charge in [-0.25, -0.2) is 22.9 Å². The first-order valence-electron chi connectivity index (χ1n) is 9.24. The SMILES string of the molecule is CNS(=O)(=O)[N-]c1cccc(Cc2c(C)c3ccc(Oc4nccs4)cc3oc2=O)c1.[Na+]. The minimum Gasteiger partial charge on any atom is -0.564 e. The molecule has 0 amide bonds. The van der Waals surface area contributed by atoms with Gasteiger partial charge in [0, 0.05) is 35.0 Å². The largest absolute Gasteiger partial charge is 1.00 e. The molecule has 0 saturated heterocycles. The Balaban J connectivity index is 0.00000289. The van der Waals surface area contributed by atoms with E-state index in [0.717, 1.165) is 16.5 Å². The van der Waals surface area contributed by atoms with Crippen LogP contribution in [0.15, 0.2) is 63.3 Å². The number of rotatable bonds is 7. The molecule has 0 radical (unpaired) electrons. The molecule has 4 rings (SSSR count). The number of nitrogens with zero attached hydrogens (tertiary/aromatic N) is 2. The second-order valence-electron chi connectivity index (χ2n) is 6.67. The van der Waals surface area contributed by atoms with E-state index in [1.54, 1.807) is 42.6 Å². The van der Waals surface area contributed by atoms with Crippen molar-refractivity contribution >= 4 is 38.2 Å². The summed E-state index contributed by atoms with van der Waals surface area (Å²) < 4.78 is 40.4. The van der Waals surface area contributed by atoms with Crippen LogP contribution in [-0.2, 0) is 16.6 Å². The molecule has 0 aliphatic carbocycles. The molecule has 4 aromatic rings. The quantitative estimate of drug-likeness (QED) is 0.317. The van der Waals surface area contributed by atoms with E-state index in [0.29, 0.717) is 22.1 Å². The van der Waals surface area contributed by atoms with Crippen molar-refractivity contribution in [3.8, 4) is 10.9 Å². The Hall–Kier alpha value is -2.21. The summed E-state index contributed by atoms with van der Waals surface area (Å²) in [7, 11) is -2.46. The van der Waals surface area contributed by atoms with E-state index in [1.807, 2.05) is 18.4 Å². The second kappa shape index (κ2) is 10.2. The van der Waals surface area contributed by atoms with E-state index >= 15 is 0 Å². The first kappa shape index (κ1) is 24.4. The fourth-order valence-electron chi connectivity index (χ4n) is 3.12. The van der Waals surface area contributed by atoms with Crippen LogP contribution >= 0.6 is 11.3 Å². The van der Waals surface area contributed by atoms with Gasteiger partial charge in [0.05, 0.1) is 0 Å². The molecular formula is C21H18N3NaO5S2. The summed E-state index contributed by atoms with van der Waals surface area (Å²) in [5.41, 5.74) is 2.27. The zero-order chi connectivity index (χ0) is 22.0. The van der Waals surface area contributed by atoms with Gasteiger partial charge in [0.2, 0.25) is 0 Å². The zero-order valence-electron chi connectivity index (χ0n) is 17.7. The minimum atomic E-state index is -3.75. The molecule has 32 heavy (non-hydrogen) atoms. The number of hydrogen-bond donors (Lipinski definition) is 1. The van der Waals surface area contributed by atoms with E-state index in [2.05, 4.69) is 14.4 Å². The molecule has 0 bridgehead atoms. The topological polar surface area (TPSA) is 113 Å². The Bertz CT molecular complexity index is 1400. The number of thiazole rings is 1. The monoisotopic (exact) mass is 479 g/mol. The fourth-order valence-corrected chi connectivity index (χ4v) is 4.10. The Kier molecular flexibility index (Phi) is 7.75. The molecular weight excluding hydrogens is 461 g/mol. The molecule has 2 aromatic heterocycles. The molecule has 8 nitrogen and oxygen atoms in total. The van der Waals surface area contributed by atoms with Gasteiger partial charge in [-0.3, -0.25) is 0 Å². The molecule has 11 heteroatoms. The Morgan fingerprint density at radius 1 is 1.22 bits per heavy atom. The molecule has 0 saturated carbocycles. The van der Waals surface area contributed by atoms with E-state index in [9.17, 15) is 13.2 Å². The third-order valence-electron chi connectivity index (χ3n) is 4.65. The summed E-state index contributed by atoms with van der Waals surface area (Å²) in [6, 6.07) is 12.0. The van der Waals surface area contributed by atoms with Crippen LogP contribution in [0.5, 0.6) is 10.9 Å². The number of ether oxygens (including phenoxy) is 1. The summed E-state index contributed by atoms with van der Waals surface area (Å²) in [4.78, 5) is 16.8. The van der Waals surface area contributed by atoms with Gasteiger partial charge in [-0.1, -0.05) is 35.6 Å². The van der Waals surface area contributed by atoms with Crippen LogP contribution in [0.25, 0.3) is 15.7 Å². The third kappa shape index (κ3) is 5.58. The number of aromatic nitrogens is 1. The number of fused-ring (bicyclic) bond motifs is 1. The van der Waals surface area contributed by atoms with Crippen molar-refractivity contribution in [1.82, 2.24) is 9.71 Å². The average Bonchev–Trinajstić information content (AvgIpc) is 3.24. The molecule has 2 heterocycles. The minimum absolute atomic E-state index is 0. The number of aryl methyl sites for hydroxylation is 1. The van der Waals surface area contributed by atoms with Gasteiger partial charge < -0.3 is 13.9 Å². The number of benzene rings is 2. The third-order valence-corrected chi connectivity index (χ3v) is 6.26. The standard InChI is InChI=1S/C21H18N3O5S2.Na/c1-13-17-7-6-16(28-21-23-8-9-30-21)12-19(17)29-20(25)18(13)11-14-4-3-5-15(10-14)24-31(26,27)22-2;/h3-10,12,22H,11H2,1-2H3;/q-1;+1. The second-order valence-corrected chi connectivity index (χ2v) is 9.07. The summed E-state index contributed by atoms with van der Waals surface area (Å²) in [6.07, 6.45) is 1.93. The molecule has 0 aliphatic heterocycles. The summed E-state index contributed by atoms with van der Waals surface area (Å²) >= 11 is 1.36. The average molecular weight is 480 g/mol. The Labute approximate surface area is 211 Å². The normalized spacial score (nSPS) is 11.2. The molecule has 2 aromatic carbocycles. The first-order valence-corrected chi connectivity index (χ1v) is 11.6. The van der Waals surface area contributed by atoms with Crippen LogP contribution in [0.2, 0.25) is 0 Å². The molecule has 160 valence electrons. The van der Waals surface area contributed by atoms with Gasteiger partial charge in [-0.2, -0.15) is 0 Å². The van der Waals surface area contributed by atoms with Crippen LogP contribution in [-0.4, -0.2) is 20.4 Å². The first-order chi connectivity index (χ1) is 14.8. The molecule has 0 fully saturated rings. The number of hydrogen-bond acceptors (Lipinski definition) is 7. The predicted molar refractivity (Wildman–Crippen MR) is 120 cm³/mol. The molecule has 0 spiro atoms. The van der Waals surface area contributed by atoms with Crippen molar-refractivity contribution in [2.45, 2.75) is 13.3 Å². The van der Waals surface area contributed by atoms with Gasteiger partial charge in [-0.05, 0) is 37.2 Å². The van der Waals surface area contributed by atoms with Gasteiger partial charge in [-0.15, -0.1) is 5.69 Å². The summed E-state index contributed by atoms with van der Waals surface area (Å²) in [5.74, 6) is 0.526. The molecule has 0 atom stereocenters. The smallest absolute Gasteiger partial charge is 0.564 e. The van der Waals surface area contributed by atoms with Crippen LogP contribution < -0.4 is 44.6 Å². The van der Waals surface area contributed by atoms with Gasteiger partial charge in [0.15, 0.2) is 10.2 Å². The Morgan fingerprint density at radius 3 is 2.75 bits per heavy atom. The maximum atomic E-state index is 12.7. The summed E-state index contributed by atoms with van der Waals surface area (Å²) in [6.45, 7) is 1.86. The van der Waals surface area contributed by atoms with E-state index in [4.69, 9.17) is 9.15 Å². The van der Waals surface area contributed by atoms with Crippen molar-refractivity contribution in [1.29, 1.82) is 0 Å². The van der Waals surface area contributed by atoms with Gasteiger partial charge in [0.1, 0.15) is 11.3 Å². The van der Waals surface area contributed by atoms with Crippen LogP contribution in [0.3, 0.4) is 0 Å². The van der Waals surface area contributed by atoms with Crippen molar-refractivity contribution in [3.63, 3.8) is 0 Å². The van der Waals surface area contributed by atoms with Crippen molar-refractivity contribution < 1.29 is 47.1 Å². The van der Waals surface area contributed by atoms with Crippen molar-refractivity contribution in [3.05, 3.63) is 85.9 Å². The fraction of sp³-hybridized carbons (Fsp3) is 0.143. The van der Waals surface area contributed by atoms with E-state index in [-0.39, 0.29) is 41.7 Å². The Morgan fingerprint density at radius 2 is 2.03 bits per heavy atom. The summed E-state index contributed by atoms with van der Waals surface area (Å²) in [5, 5.41) is 3.10. The van der Waals surface area contributed by atoms with Crippen LogP contribution in [0.4, 0.5) is 5.69 Å². The van der Waals surface area contributed by atoms with Gasteiger partial charge >= 0.3 is 35.2 Å².